The molecule has 2 aromatic carbocycles. The SMILES string of the molecule is COc1ccccc1C(NC(=O)c1cccc(-n2cnnn2)c1)c1nccn1C. The summed E-state index contributed by atoms with van der Waals surface area (Å²) in [6.45, 7) is 0. The van der Waals surface area contributed by atoms with Gasteiger partial charge >= 0.3 is 0 Å². The number of nitrogens with one attached hydrogen (secondary N) is 1. The third-order valence-electron chi connectivity index (χ3n) is 4.56. The van der Waals surface area contributed by atoms with Gasteiger partial charge in [0.2, 0.25) is 0 Å². The lowest BCUT2D eigenvalue weighted by Gasteiger charge is -2.21. The summed E-state index contributed by atoms with van der Waals surface area (Å²) in [7, 11) is 3.49. The van der Waals surface area contributed by atoms with Crippen molar-refractivity contribution in [2.45, 2.75) is 6.04 Å². The second kappa shape index (κ2) is 7.93. The Hall–Kier alpha value is -4.01. The molecule has 1 atom stereocenters. The molecule has 0 saturated heterocycles. The molecule has 2 heterocycles. The molecule has 9 nitrogen and oxygen atoms in total. The summed E-state index contributed by atoms with van der Waals surface area (Å²) in [5, 5.41) is 14.2. The van der Waals surface area contributed by atoms with Crippen LogP contribution in [0.25, 0.3) is 5.69 Å². The number of methoxy groups -OCH3 is 1. The number of hydrogen-bond donors (Lipinski definition) is 1. The number of imidazole rings is 1. The van der Waals surface area contributed by atoms with Crippen LogP contribution < -0.4 is 10.1 Å². The maximum absolute atomic E-state index is 13.1. The standard InChI is InChI=1S/C20H19N7O2/c1-26-11-10-21-19(26)18(16-8-3-4-9-17(16)29-2)23-20(28)14-6-5-7-15(12-14)27-13-22-24-25-27/h3-13,18H,1-2H3,(H,23,28). The smallest absolute Gasteiger partial charge is 0.252 e. The van der Waals surface area contributed by atoms with Crippen LogP contribution in [0.1, 0.15) is 27.8 Å². The molecule has 29 heavy (non-hydrogen) atoms. The van der Waals surface area contributed by atoms with E-state index in [0.29, 0.717) is 22.8 Å². The highest BCUT2D eigenvalue weighted by molar-refractivity contribution is 5.95. The van der Waals surface area contributed by atoms with Gasteiger partial charge in [-0.1, -0.05) is 24.3 Å². The fraction of sp³-hybridized carbons (Fsp3) is 0.150. The first-order valence-corrected chi connectivity index (χ1v) is 8.92. The van der Waals surface area contributed by atoms with Crippen LogP contribution in [0.15, 0.2) is 67.3 Å². The molecule has 9 heteroatoms. The summed E-state index contributed by atoms with van der Waals surface area (Å²) in [5.74, 6) is 1.11. The Kier molecular flexibility index (Phi) is 5.02. The molecular formula is C20H19N7O2. The lowest BCUT2D eigenvalue weighted by molar-refractivity contribution is 0.0940. The number of nitrogens with zero attached hydrogens (tertiary/aromatic N) is 6. The molecule has 146 valence electrons. The molecule has 4 rings (SSSR count). The van der Waals surface area contributed by atoms with E-state index < -0.39 is 6.04 Å². The highest BCUT2D eigenvalue weighted by Crippen LogP contribution is 2.29. The largest absolute Gasteiger partial charge is 0.496 e. The highest BCUT2D eigenvalue weighted by Gasteiger charge is 2.24. The van der Waals surface area contributed by atoms with Gasteiger partial charge in [-0.25, -0.2) is 9.67 Å². The molecule has 0 saturated carbocycles. The van der Waals surface area contributed by atoms with E-state index in [0.717, 1.165) is 5.56 Å². The zero-order chi connectivity index (χ0) is 20.2. The van der Waals surface area contributed by atoms with Crippen molar-refractivity contribution in [3.63, 3.8) is 0 Å². The van der Waals surface area contributed by atoms with Crippen LogP contribution in [0.3, 0.4) is 0 Å². The number of hydrogen-bond acceptors (Lipinski definition) is 6. The molecule has 1 N–H and O–H groups in total. The van der Waals surface area contributed by atoms with E-state index in [1.54, 1.807) is 31.5 Å². The van der Waals surface area contributed by atoms with Gasteiger partial charge in [-0.2, -0.15) is 0 Å². The van der Waals surface area contributed by atoms with Crippen LogP contribution in [0, 0.1) is 0 Å². The van der Waals surface area contributed by atoms with Gasteiger partial charge in [0, 0.05) is 30.6 Å². The molecule has 0 aliphatic rings. The molecule has 2 aromatic heterocycles. The molecule has 4 aromatic rings. The van der Waals surface area contributed by atoms with Gasteiger partial charge in [0.05, 0.1) is 12.8 Å². The van der Waals surface area contributed by atoms with E-state index in [9.17, 15) is 4.79 Å². The van der Waals surface area contributed by atoms with Crippen molar-refractivity contribution in [1.29, 1.82) is 0 Å². The number of aryl methyl sites for hydroxylation is 1. The van der Waals surface area contributed by atoms with Crippen LogP contribution in [0.4, 0.5) is 0 Å². The van der Waals surface area contributed by atoms with E-state index in [-0.39, 0.29) is 5.91 Å². The van der Waals surface area contributed by atoms with Crippen molar-refractivity contribution in [3.05, 3.63) is 84.2 Å². The molecule has 0 aliphatic carbocycles. The van der Waals surface area contributed by atoms with E-state index >= 15 is 0 Å². The van der Waals surface area contributed by atoms with E-state index in [4.69, 9.17) is 4.74 Å². The van der Waals surface area contributed by atoms with Crippen molar-refractivity contribution in [2.75, 3.05) is 7.11 Å². The molecule has 1 amide bonds. The summed E-state index contributed by atoms with van der Waals surface area (Å²) in [6, 6.07) is 14.1. The third kappa shape index (κ3) is 3.70. The van der Waals surface area contributed by atoms with Gasteiger partial charge in [0.25, 0.3) is 5.91 Å². The Morgan fingerprint density at radius 1 is 1.17 bits per heavy atom. The van der Waals surface area contributed by atoms with Crippen molar-refractivity contribution >= 4 is 5.91 Å². The lowest BCUT2D eigenvalue weighted by atomic mass is 10.0. The van der Waals surface area contributed by atoms with Crippen molar-refractivity contribution in [1.82, 2.24) is 35.1 Å². The molecule has 0 aliphatic heterocycles. The average molecular weight is 389 g/mol. The summed E-state index contributed by atoms with van der Waals surface area (Å²) >= 11 is 0. The maximum atomic E-state index is 13.1. The second-order valence-corrected chi connectivity index (χ2v) is 6.35. The van der Waals surface area contributed by atoms with E-state index in [1.807, 2.05) is 48.1 Å². The quantitative estimate of drug-likeness (QED) is 0.541. The predicted octanol–water partition coefficient (Wildman–Crippen LogP) is 1.92. The van der Waals surface area contributed by atoms with Crippen LogP contribution in [-0.4, -0.2) is 42.8 Å². The van der Waals surface area contributed by atoms with Crippen molar-refractivity contribution in [2.24, 2.45) is 7.05 Å². The van der Waals surface area contributed by atoms with E-state index in [1.165, 1.54) is 11.0 Å². The van der Waals surface area contributed by atoms with Gasteiger partial charge in [-0.05, 0) is 34.7 Å². The first kappa shape index (κ1) is 18.4. The number of rotatable bonds is 6. The predicted molar refractivity (Wildman–Crippen MR) is 105 cm³/mol. The number of carbonyl (C=O) groups is 1. The van der Waals surface area contributed by atoms with Crippen LogP contribution in [0.5, 0.6) is 5.75 Å². The summed E-state index contributed by atoms with van der Waals surface area (Å²) < 4.78 is 8.87. The second-order valence-electron chi connectivity index (χ2n) is 6.35. The first-order valence-electron chi connectivity index (χ1n) is 8.92. The zero-order valence-corrected chi connectivity index (χ0v) is 15.9. The minimum atomic E-state index is -0.490. The number of para-hydroxylation sites is 1. The highest BCUT2D eigenvalue weighted by atomic mass is 16.5. The van der Waals surface area contributed by atoms with Crippen LogP contribution in [-0.2, 0) is 7.05 Å². The molecule has 0 fully saturated rings. The molecule has 0 bridgehead atoms. The summed E-state index contributed by atoms with van der Waals surface area (Å²) in [5.41, 5.74) is 1.98. The summed E-state index contributed by atoms with van der Waals surface area (Å²) in [4.78, 5) is 17.5. The molecule has 0 spiro atoms. The molecular weight excluding hydrogens is 370 g/mol. The fourth-order valence-electron chi connectivity index (χ4n) is 3.13. The van der Waals surface area contributed by atoms with Gasteiger partial charge in [0.15, 0.2) is 0 Å². The van der Waals surface area contributed by atoms with Gasteiger partial charge in [-0.3, -0.25) is 4.79 Å². The Bertz CT molecular complexity index is 1120. The number of benzene rings is 2. The fourth-order valence-corrected chi connectivity index (χ4v) is 3.13. The van der Waals surface area contributed by atoms with Gasteiger partial charge < -0.3 is 14.6 Å². The Labute approximate surface area is 167 Å². The number of amides is 1. The number of aromatic nitrogens is 6. The Balaban J connectivity index is 1.69. The molecule has 0 radical (unpaired) electrons. The summed E-state index contributed by atoms with van der Waals surface area (Å²) in [6.07, 6.45) is 5.01. The number of tetrazole rings is 1. The van der Waals surface area contributed by atoms with E-state index in [2.05, 4.69) is 25.8 Å². The lowest BCUT2D eigenvalue weighted by Crippen LogP contribution is -2.31. The monoisotopic (exact) mass is 389 g/mol. The topological polar surface area (TPSA) is 99.8 Å². The minimum Gasteiger partial charge on any atom is -0.496 e. The van der Waals surface area contributed by atoms with Crippen LogP contribution >= 0.6 is 0 Å². The number of carbonyl (C=O) groups excluding carboxylic acids is 1. The zero-order valence-electron chi connectivity index (χ0n) is 15.9. The first-order chi connectivity index (χ1) is 14.2. The van der Waals surface area contributed by atoms with Gasteiger partial charge in [0.1, 0.15) is 23.9 Å². The van der Waals surface area contributed by atoms with Crippen LogP contribution in [0.2, 0.25) is 0 Å². The Morgan fingerprint density at radius 2 is 2.03 bits per heavy atom. The van der Waals surface area contributed by atoms with Crippen molar-refractivity contribution in [3.8, 4) is 11.4 Å². The minimum absolute atomic E-state index is 0.251. The van der Waals surface area contributed by atoms with Gasteiger partial charge in [-0.15, -0.1) is 5.10 Å². The number of ether oxygens (including phenoxy) is 1. The average Bonchev–Trinajstić information content (AvgIpc) is 3.44. The Morgan fingerprint density at radius 3 is 2.76 bits per heavy atom. The normalized spacial score (nSPS) is 11.8. The van der Waals surface area contributed by atoms with Crippen molar-refractivity contribution < 1.29 is 9.53 Å². The third-order valence-corrected chi connectivity index (χ3v) is 4.56. The maximum Gasteiger partial charge on any atom is 0.252 e. The molecule has 1 unspecified atom stereocenters.